The SMILES string of the molecule is CCCC(NC(=O)CSc1nc2cc(F)c(F)cc2[nH]1)c1ccccc1. The molecular formula is C19H19F2N3OS. The predicted molar refractivity (Wildman–Crippen MR) is 99.0 cm³/mol. The lowest BCUT2D eigenvalue weighted by Crippen LogP contribution is -2.29. The molecule has 0 saturated heterocycles. The Morgan fingerprint density at radius 1 is 1.23 bits per heavy atom. The molecule has 0 fully saturated rings. The lowest BCUT2D eigenvalue weighted by Gasteiger charge is -2.18. The molecule has 1 aromatic heterocycles. The van der Waals surface area contributed by atoms with Crippen molar-refractivity contribution in [2.45, 2.75) is 31.0 Å². The number of benzene rings is 2. The van der Waals surface area contributed by atoms with E-state index in [4.69, 9.17) is 0 Å². The van der Waals surface area contributed by atoms with Crippen molar-refractivity contribution in [1.82, 2.24) is 15.3 Å². The number of thioether (sulfide) groups is 1. The van der Waals surface area contributed by atoms with Crippen molar-refractivity contribution in [3.8, 4) is 0 Å². The van der Waals surface area contributed by atoms with Crippen LogP contribution in [0, 0.1) is 11.6 Å². The van der Waals surface area contributed by atoms with Crippen molar-refractivity contribution in [3.63, 3.8) is 0 Å². The molecule has 136 valence electrons. The fourth-order valence-corrected chi connectivity index (χ4v) is 3.41. The van der Waals surface area contributed by atoms with Crippen LogP contribution >= 0.6 is 11.8 Å². The van der Waals surface area contributed by atoms with E-state index in [9.17, 15) is 13.6 Å². The number of rotatable bonds is 7. The normalized spacial score (nSPS) is 12.3. The van der Waals surface area contributed by atoms with Gasteiger partial charge >= 0.3 is 0 Å². The summed E-state index contributed by atoms with van der Waals surface area (Å²) in [5.41, 5.74) is 1.81. The van der Waals surface area contributed by atoms with Crippen molar-refractivity contribution >= 4 is 28.7 Å². The number of carbonyl (C=O) groups excluding carboxylic acids is 1. The first-order valence-corrected chi connectivity index (χ1v) is 9.37. The highest BCUT2D eigenvalue weighted by Crippen LogP contribution is 2.23. The maximum absolute atomic E-state index is 13.3. The molecule has 26 heavy (non-hydrogen) atoms. The van der Waals surface area contributed by atoms with Crippen molar-refractivity contribution in [2.75, 3.05) is 5.75 Å². The smallest absolute Gasteiger partial charge is 0.230 e. The van der Waals surface area contributed by atoms with Crippen molar-refractivity contribution in [2.24, 2.45) is 0 Å². The monoisotopic (exact) mass is 375 g/mol. The van der Waals surface area contributed by atoms with Gasteiger partial charge in [0.1, 0.15) is 0 Å². The molecule has 0 aliphatic carbocycles. The Labute approximate surface area is 154 Å². The van der Waals surface area contributed by atoms with Crippen LogP contribution in [-0.4, -0.2) is 21.6 Å². The van der Waals surface area contributed by atoms with Crippen LogP contribution in [0.4, 0.5) is 8.78 Å². The third-order valence-corrected chi connectivity index (χ3v) is 4.83. The molecular weight excluding hydrogens is 356 g/mol. The van der Waals surface area contributed by atoms with Crippen LogP contribution in [0.5, 0.6) is 0 Å². The number of amides is 1. The number of H-pyrrole nitrogens is 1. The second kappa shape index (κ2) is 8.31. The van der Waals surface area contributed by atoms with E-state index in [-0.39, 0.29) is 17.7 Å². The molecule has 1 atom stereocenters. The van der Waals surface area contributed by atoms with E-state index in [2.05, 4.69) is 22.2 Å². The second-order valence-corrected chi connectivity index (χ2v) is 6.90. The zero-order valence-corrected chi connectivity index (χ0v) is 15.1. The lowest BCUT2D eigenvalue weighted by atomic mass is 10.0. The molecule has 0 saturated carbocycles. The summed E-state index contributed by atoms with van der Waals surface area (Å²) in [6, 6.07) is 11.9. The Morgan fingerprint density at radius 2 is 1.96 bits per heavy atom. The van der Waals surface area contributed by atoms with Gasteiger partial charge in [-0.25, -0.2) is 13.8 Å². The number of fused-ring (bicyclic) bond motifs is 1. The van der Waals surface area contributed by atoms with Crippen molar-refractivity contribution < 1.29 is 13.6 Å². The number of hydrogen-bond acceptors (Lipinski definition) is 3. The van der Waals surface area contributed by atoms with Crippen molar-refractivity contribution in [3.05, 3.63) is 59.7 Å². The maximum atomic E-state index is 13.3. The summed E-state index contributed by atoms with van der Waals surface area (Å²) < 4.78 is 26.5. The molecule has 3 aromatic rings. The van der Waals surface area contributed by atoms with E-state index in [1.165, 1.54) is 11.8 Å². The molecule has 2 aromatic carbocycles. The van der Waals surface area contributed by atoms with Crippen LogP contribution in [0.25, 0.3) is 11.0 Å². The molecule has 3 rings (SSSR count). The molecule has 1 unspecified atom stereocenters. The number of imidazole rings is 1. The Bertz CT molecular complexity index is 859. The summed E-state index contributed by atoms with van der Waals surface area (Å²) in [4.78, 5) is 19.4. The van der Waals surface area contributed by atoms with Crippen LogP contribution in [0.1, 0.15) is 31.4 Å². The molecule has 0 spiro atoms. The zero-order chi connectivity index (χ0) is 18.5. The second-order valence-electron chi connectivity index (χ2n) is 5.93. The molecule has 0 aliphatic heterocycles. The quantitative estimate of drug-likeness (QED) is 0.594. The summed E-state index contributed by atoms with van der Waals surface area (Å²) in [7, 11) is 0. The average molecular weight is 375 g/mol. The predicted octanol–water partition coefficient (Wildman–Crippen LogP) is 4.59. The lowest BCUT2D eigenvalue weighted by molar-refractivity contribution is -0.119. The molecule has 1 amide bonds. The van der Waals surface area contributed by atoms with Gasteiger partial charge in [-0.3, -0.25) is 4.79 Å². The molecule has 1 heterocycles. The van der Waals surface area contributed by atoms with Gasteiger partial charge in [0.15, 0.2) is 16.8 Å². The van der Waals surface area contributed by atoms with Crippen LogP contribution in [0.15, 0.2) is 47.6 Å². The largest absolute Gasteiger partial charge is 0.349 e. The third kappa shape index (κ3) is 4.40. The first-order valence-electron chi connectivity index (χ1n) is 8.38. The number of nitrogens with zero attached hydrogens (tertiary/aromatic N) is 1. The topological polar surface area (TPSA) is 57.8 Å². The van der Waals surface area contributed by atoms with Gasteiger partial charge in [-0.1, -0.05) is 55.4 Å². The fraction of sp³-hybridized carbons (Fsp3) is 0.263. The minimum Gasteiger partial charge on any atom is -0.349 e. The summed E-state index contributed by atoms with van der Waals surface area (Å²) in [5, 5.41) is 3.49. The van der Waals surface area contributed by atoms with Gasteiger partial charge in [-0.05, 0) is 12.0 Å². The zero-order valence-electron chi connectivity index (χ0n) is 14.3. The fourth-order valence-electron chi connectivity index (χ4n) is 2.72. The van der Waals surface area contributed by atoms with E-state index in [1.807, 2.05) is 30.3 Å². The first-order chi connectivity index (χ1) is 12.6. The molecule has 7 heteroatoms. The minimum absolute atomic E-state index is 0.0341. The summed E-state index contributed by atoms with van der Waals surface area (Å²) in [6.45, 7) is 2.07. The van der Waals surface area contributed by atoms with Crippen LogP contribution in [0.3, 0.4) is 0 Å². The number of aromatic nitrogens is 2. The molecule has 0 radical (unpaired) electrons. The number of carbonyl (C=O) groups is 1. The van der Waals surface area contributed by atoms with Gasteiger partial charge in [0, 0.05) is 12.1 Å². The Kier molecular flexibility index (Phi) is 5.88. The number of halogens is 2. The number of aromatic amines is 1. The van der Waals surface area contributed by atoms with Crippen LogP contribution in [-0.2, 0) is 4.79 Å². The summed E-state index contributed by atoms with van der Waals surface area (Å²) >= 11 is 1.20. The molecule has 0 aliphatic rings. The maximum Gasteiger partial charge on any atom is 0.230 e. The van der Waals surface area contributed by atoms with Crippen LogP contribution in [0.2, 0.25) is 0 Å². The van der Waals surface area contributed by atoms with Crippen LogP contribution < -0.4 is 5.32 Å². The summed E-state index contributed by atoms with van der Waals surface area (Å²) in [5.74, 6) is -1.82. The molecule has 0 bridgehead atoms. The molecule has 2 N–H and O–H groups in total. The van der Waals surface area contributed by atoms with Gasteiger partial charge < -0.3 is 10.3 Å². The Morgan fingerprint density at radius 3 is 2.69 bits per heavy atom. The highest BCUT2D eigenvalue weighted by Gasteiger charge is 2.15. The standard InChI is InChI=1S/C19H19F2N3OS/c1-2-6-15(12-7-4-3-5-8-12)22-18(25)11-26-19-23-16-9-13(20)14(21)10-17(16)24-19/h3-5,7-10,15H,2,6,11H2,1H3,(H,22,25)(H,23,24). The summed E-state index contributed by atoms with van der Waals surface area (Å²) in [6.07, 6.45) is 1.80. The Hall–Kier alpha value is -2.41. The average Bonchev–Trinajstić information content (AvgIpc) is 3.02. The minimum atomic E-state index is -0.941. The van der Waals surface area contributed by atoms with Gasteiger partial charge in [0.2, 0.25) is 5.91 Å². The van der Waals surface area contributed by atoms with Crippen molar-refractivity contribution in [1.29, 1.82) is 0 Å². The molecule has 4 nitrogen and oxygen atoms in total. The van der Waals surface area contributed by atoms with Gasteiger partial charge in [0.05, 0.1) is 22.8 Å². The Balaban J connectivity index is 1.62. The number of nitrogens with one attached hydrogen (secondary N) is 2. The highest BCUT2D eigenvalue weighted by molar-refractivity contribution is 7.99. The highest BCUT2D eigenvalue weighted by atomic mass is 32.2. The van der Waals surface area contributed by atoms with Gasteiger partial charge in [-0.15, -0.1) is 0 Å². The van der Waals surface area contributed by atoms with E-state index >= 15 is 0 Å². The van der Waals surface area contributed by atoms with Gasteiger partial charge in [-0.2, -0.15) is 0 Å². The first kappa shape index (κ1) is 18.4. The van der Waals surface area contributed by atoms with E-state index < -0.39 is 11.6 Å². The number of hydrogen-bond donors (Lipinski definition) is 2. The van der Waals surface area contributed by atoms with E-state index in [0.717, 1.165) is 30.5 Å². The van der Waals surface area contributed by atoms with E-state index in [0.29, 0.717) is 16.2 Å². The third-order valence-electron chi connectivity index (χ3n) is 3.96. The van der Waals surface area contributed by atoms with E-state index in [1.54, 1.807) is 0 Å². The van der Waals surface area contributed by atoms with Gasteiger partial charge in [0.25, 0.3) is 0 Å².